The second-order valence-corrected chi connectivity index (χ2v) is 5.09. The minimum atomic E-state index is 0.380. The molecule has 0 rings (SSSR count). The van der Waals surface area contributed by atoms with Crippen LogP contribution in [0.25, 0.3) is 0 Å². The molecule has 0 aromatic rings. The molecule has 1 nitrogen and oxygen atoms in total. The molecule has 0 amide bonds. The van der Waals surface area contributed by atoms with Crippen molar-refractivity contribution >= 4 is 0 Å². The van der Waals surface area contributed by atoms with Gasteiger partial charge in [-0.3, -0.25) is 0 Å². The summed E-state index contributed by atoms with van der Waals surface area (Å²) in [7, 11) is 2.09. The Kier molecular flexibility index (Phi) is 5.62. The van der Waals surface area contributed by atoms with Crippen molar-refractivity contribution in [2.24, 2.45) is 11.3 Å². The zero-order valence-corrected chi connectivity index (χ0v) is 10.3. The number of nitrogens with one attached hydrogen (secondary N) is 1. The molecule has 0 aromatic carbocycles. The molecule has 0 heterocycles. The van der Waals surface area contributed by atoms with Gasteiger partial charge in [-0.15, -0.1) is 0 Å². The van der Waals surface area contributed by atoms with E-state index in [0.717, 1.165) is 5.92 Å². The summed E-state index contributed by atoms with van der Waals surface area (Å²) < 4.78 is 0. The molecule has 13 heavy (non-hydrogen) atoms. The van der Waals surface area contributed by atoms with Crippen LogP contribution in [-0.2, 0) is 0 Å². The van der Waals surface area contributed by atoms with Gasteiger partial charge in [-0.1, -0.05) is 47.5 Å². The van der Waals surface area contributed by atoms with E-state index < -0.39 is 0 Å². The van der Waals surface area contributed by atoms with E-state index in [2.05, 4.69) is 47.0 Å². The van der Waals surface area contributed by atoms with Crippen molar-refractivity contribution in [2.45, 2.75) is 59.9 Å². The van der Waals surface area contributed by atoms with Crippen molar-refractivity contribution in [1.82, 2.24) is 5.32 Å². The minimum absolute atomic E-state index is 0.380. The molecule has 0 aliphatic heterocycles. The molecule has 0 radical (unpaired) electrons. The predicted octanol–water partition coefficient (Wildman–Crippen LogP) is 3.45. The summed E-state index contributed by atoms with van der Waals surface area (Å²) in [5.41, 5.74) is 0.380. The Morgan fingerprint density at radius 2 is 1.69 bits per heavy atom. The lowest BCUT2D eigenvalue weighted by atomic mass is 9.76. The normalized spacial score (nSPS) is 17.1. The summed E-state index contributed by atoms with van der Waals surface area (Å²) in [4.78, 5) is 0. The van der Waals surface area contributed by atoms with Crippen molar-refractivity contribution in [2.75, 3.05) is 7.05 Å². The Bertz CT molecular complexity index is 124. The molecule has 2 unspecified atom stereocenters. The third kappa shape index (κ3) is 4.12. The van der Waals surface area contributed by atoms with E-state index in [4.69, 9.17) is 0 Å². The second kappa shape index (κ2) is 5.64. The van der Waals surface area contributed by atoms with Crippen LogP contribution in [0.1, 0.15) is 53.9 Å². The van der Waals surface area contributed by atoms with Crippen LogP contribution in [0.5, 0.6) is 0 Å². The summed E-state index contributed by atoms with van der Waals surface area (Å²) in [6.45, 7) is 11.6. The molecule has 2 atom stereocenters. The van der Waals surface area contributed by atoms with Gasteiger partial charge >= 0.3 is 0 Å². The zero-order valence-electron chi connectivity index (χ0n) is 10.3. The van der Waals surface area contributed by atoms with E-state index in [1.54, 1.807) is 0 Å². The maximum absolute atomic E-state index is 3.48. The van der Waals surface area contributed by atoms with Crippen LogP contribution in [0.15, 0.2) is 0 Å². The smallest absolute Gasteiger partial charge is 0.0141 e. The molecule has 80 valence electrons. The molecule has 0 aromatic heterocycles. The predicted molar refractivity (Wildman–Crippen MR) is 61.0 cm³/mol. The topological polar surface area (TPSA) is 12.0 Å². The van der Waals surface area contributed by atoms with Crippen LogP contribution in [0.3, 0.4) is 0 Å². The fourth-order valence-corrected chi connectivity index (χ4v) is 2.35. The highest BCUT2D eigenvalue weighted by Crippen LogP contribution is 2.29. The SMILES string of the molecule is CCCC(CC)C(NC)C(C)(C)C. The molecule has 0 bridgehead atoms. The fraction of sp³-hybridized carbons (Fsp3) is 1.00. The Labute approximate surface area is 84.3 Å². The Morgan fingerprint density at radius 3 is 1.92 bits per heavy atom. The Morgan fingerprint density at radius 1 is 1.15 bits per heavy atom. The first-order valence-electron chi connectivity index (χ1n) is 5.64. The fourth-order valence-electron chi connectivity index (χ4n) is 2.35. The van der Waals surface area contributed by atoms with Crippen molar-refractivity contribution < 1.29 is 0 Å². The first-order valence-corrected chi connectivity index (χ1v) is 5.64. The van der Waals surface area contributed by atoms with Gasteiger partial charge in [-0.2, -0.15) is 0 Å². The average Bonchev–Trinajstić information content (AvgIpc) is 2.01. The van der Waals surface area contributed by atoms with E-state index in [9.17, 15) is 0 Å². The van der Waals surface area contributed by atoms with Crippen molar-refractivity contribution in [3.8, 4) is 0 Å². The van der Waals surface area contributed by atoms with Gasteiger partial charge in [-0.25, -0.2) is 0 Å². The van der Waals surface area contributed by atoms with Gasteiger partial charge < -0.3 is 5.32 Å². The minimum Gasteiger partial charge on any atom is -0.316 e. The van der Waals surface area contributed by atoms with Crippen LogP contribution in [0.2, 0.25) is 0 Å². The number of hydrogen-bond donors (Lipinski definition) is 1. The van der Waals surface area contributed by atoms with E-state index in [1.807, 2.05) is 0 Å². The van der Waals surface area contributed by atoms with E-state index >= 15 is 0 Å². The molecule has 0 saturated heterocycles. The molecule has 0 saturated carbocycles. The number of rotatable bonds is 5. The van der Waals surface area contributed by atoms with Crippen molar-refractivity contribution in [3.63, 3.8) is 0 Å². The lowest BCUT2D eigenvalue weighted by Crippen LogP contribution is -2.43. The van der Waals surface area contributed by atoms with E-state index in [0.29, 0.717) is 11.5 Å². The van der Waals surface area contributed by atoms with Crippen LogP contribution >= 0.6 is 0 Å². The van der Waals surface area contributed by atoms with Gasteiger partial charge in [0.25, 0.3) is 0 Å². The molecule has 1 N–H and O–H groups in total. The molecule has 0 spiro atoms. The van der Waals surface area contributed by atoms with Crippen LogP contribution in [-0.4, -0.2) is 13.1 Å². The average molecular weight is 185 g/mol. The van der Waals surface area contributed by atoms with Gasteiger partial charge in [-0.05, 0) is 24.8 Å². The monoisotopic (exact) mass is 185 g/mol. The summed E-state index contributed by atoms with van der Waals surface area (Å²) in [6.07, 6.45) is 3.93. The third-order valence-electron chi connectivity index (χ3n) is 2.90. The molecular formula is C12H27N. The van der Waals surface area contributed by atoms with E-state index in [-0.39, 0.29) is 0 Å². The standard InChI is InChI=1S/C12H27N/c1-7-9-10(8-2)11(13-6)12(3,4)5/h10-11,13H,7-9H2,1-6H3. The summed E-state index contributed by atoms with van der Waals surface area (Å²) in [5.74, 6) is 0.829. The zero-order chi connectivity index (χ0) is 10.5. The van der Waals surface area contributed by atoms with Gasteiger partial charge in [0, 0.05) is 6.04 Å². The number of hydrogen-bond acceptors (Lipinski definition) is 1. The second-order valence-electron chi connectivity index (χ2n) is 5.09. The summed E-state index contributed by atoms with van der Waals surface area (Å²) >= 11 is 0. The van der Waals surface area contributed by atoms with Gasteiger partial charge in [0.1, 0.15) is 0 Å². The highest BCUT2D eigenvalue weighted by Gasteiger charge is 2.28. The van der Waals surface area contributed by atoms with Gasteiger partial charge in [0.2, 0.25) is 0 Å². The summed E-state index contributed by atoms with van der Waals surface area (Å²) in [5, 5.41) is 3.48. The lowest BCUT2D eigenvalue weighted by molar-refractivity contribution is 0.188. The summed E-state index contributed by atoms with van der Waals surface area (Å²) in [6, 6.07) is 0.650. The molecule has 0 aliphatic rings. The molecule has 0 fully saturated rings. The molecular weight excluding hydrogens is 158 g/mol. The maximum atomic E-state index is 3.48. The quantitative estimate of drug-likeness (QED) is 0.692. The Hall–Kier alpha value is -0.0400. The van der Waals surface area contributed by atoms with E-state index in [1.165, 1.54) is 19.3 Å². The maximum Gasteiger partial charge on any atom is 0.0141 e. The van der Waals surface area contributed by atoms with Crippen molar-refractivity contribution in [1.29, 1.82) is 0 Å². The third-order valence-corrected chi connectivity index (χ3v) is 2.90. The van der Waals surface area contributed by atoms with Gasteiger partial charge in [0.05, 0.1) is 0 Å². The highest BCUT2D eigenvalue weighted by molar-refractivity contribution is 4.84. The van der Waals surface area contributed by atoms with Crippen molar-refractivity contribution in [3.05, 3.63) is 0 Å². The Balaban J connectivity index is 4.34. The van der Waals surface area contributed by atoms with Crippen LogP contribution in [0, 0.1) is 11.3 Å². The first-order chi connectivity index (χ1) is 5.97. The molecule has 0 aliphatic carbocycles. The first kappa shape index (κ1) is 13.0. The van der Waals surface area contributed by atoms with Gasteiger partial charge in [0.15, 0.2) is 0 Å². The molecule has 1 heteroatoms. The van der Waals surface area contributed by atoms with Crippen LogP contribution < -0.4 is 5.32 Å². The lowest BCUT2D eigenvalue weighted by Gasteiger charge is -2.36. The highest BCUT2D eigenvalue weighted by atomic mass is 14.9. The largest absolute Gasteiger partial charge is 0.316 e. The van der Waals surface area contributed by atoms with Crippen LogP contribution in [0.4, 0.5) is 0 Å².